The number of aliphatic hydroxyl groups excluding tert-OH is 1. The van der Waals surface area contributed by atoms with E-state index in [1.54, 1.807) is 7.11 Å². The van der Waals surface area contributed by atoms with Crippen LogP contribution in [-0.4, -0.2) is 40.8 Å². The molecule has 0 saturated heterocycles. The molecule has 0 saturated carbocycles. The molecule has 0 spiro atoms. The fourth-order valence-corrected chi connectivity index (χ4v) is 5.26. The molecule has 6 nitrogen and oxygen atoms in total. The van der Waals surface area contributed by atoms with Crippen LogP contribution in [0.5, 0.6) is 5.75 Å². The second kappa shape index (κ2) is 7.46. The molecule has 3 aromatic rings. The van der Waals surface area contributed by atoms with Crippen molar-refractivity contribution in [1.82, 2.24) is 9.47 Å². The highest BCUT2D eigenvalue weighted by Crippen LogP contribution is 2.47. The normalized spacial score (nSPS) is 20.6. The van der Waals surface area contributed by atoms with Gasteiger partial charge in [0, 0.05) is 36.6 Å². The lowest BCUT2D eigenvalue weighted by Crippen LogP contribution is -2.48. The van der Waals surface area contributed by atoms with Crippen molar-refractivity contribution in [2.75, 3.05) is 14.2 Å². The number of fused-ring (bicyclic) bond motifs is 6. The zero-order valence-electron chi connectivity index (χ0n) is 18.0. The third-order valence-electron chi connectivity index (χ3n) is 6.74. The van der Waals surface area contributed by atoms with E-state index in [4.69, 9.17) is 9.47 Å². The highest BCUT2D eigenvalue weighted by molar-refractivity contribution is 5.91. The third kappa shape index (κ3) is 3.01. The molecule has 0 unspecified atom stereocenters. The summed E-state index contributed by atoms with van der Waals surface area (Å²) in [6, 6.07) is 16.0. The van der Waals surface area contributed by atoms with Crippen LogP contribution < -0.4 is 4.74 Å². The van der Waals surface area contributed by atoms with Gasteiger partial charge >= 0.3 is 5.97 Å². The number of nitrogens with zero attached hydrogens (tertiary/aromatic N) is 2. The van der Waals surface area contributed by atoms with Crippen LogP contribution in [0.3, 0.4) is 0 Å². The molecule has 1 aromatic heterocycles. The highest BCUT2D eigenvalue weighted by atomic mass is 16.5. The van der Waals surface area contributed by atoms with Crippen molar-refractivity contribution in [2.24, 2.45) is 7.05 Å². The second-order valence-electron chi connectivity index (χ2n) is 8.26. The number of carbonyl (C=O) groups excluding carboxylic acids is 1. The number of hydrogen-bond donors (Lipinski definition) is 1. The first-order valence-electron chi connectivity index (χ1n) is 10.5. The minimum absolute atomic E-state index is 0.0395. The van der Waals surface area contributed by atoms with Crippen molar-refractivity contribution in [3.05, 3.63) is 76.7 Å². The molecule has 5 rings (SSSR count). The fourth-order valence-electron chi connectivity index (χ4n) is 5.26. The van der Waals surface area contributed by atoms with E-state index in [9.17, 15) is 9.90 Å². The van der Waals surface area contributed by atoms with E-state index in [1.165, 1.54) is 23.9 Å². The smallest absolute Gasteiger partial charge is 0.337 e. The van der Waals surface area contributed by atoms with E-state index >= 15 is 0 Å². The number of esters is 1. The average Bonchev–Trinajstić information content (AvgIpc) is 3.07. The van der Waals surface area contributed by atoms with Crippen molar-refractivity contribution in [1.29, 1.82) is 0 Å². The Hall–Kier alpha value is -3.25. The molecule has 2 aliphatic heterocycles. The monoisotopic (exact) mass is 418 g/mol. The van der Waals surface area contributed by atoms with Gasteiger partial charge in [-0.05, 0) is 35.7 Å². The standard InChI is InChI=1S/C25H26N2O4/c1-26-20-10-9-16(30-2)11-17(20)18-12-22-24(28)19(25(29)31-3)13-21(23(18)26)27(22)14-15-7-5-4-6-8-15/h4-11,21-22,28H,12-14H2,1-3H3/t21-,22-/m0/s1. The maximum absolute atomic E-state index is 12.4. The lowest BCUT2D eigenvalue weighted by atomic mass is 9.81. The summed E-state index contributed by atoms with van der Waals surface area (Å²) in [7, 11) is 5.11. The summed E-state index contributed by atoms with van der Waals surface area (Å²) in [6.45, 7) is 0.693. The Morgan fingerprint density at radius 3 is 2.58 bits per heavy atom. The Balaban J connectivity index is 1.68. The molecule has 160 valence electrons. The molecule has 0 fully saturated rings. The van der Waals surface area contributed by atoms with Crippen LogP contribution in [0.1, 0.15) is 29.3 Å². The molecule has 1 N–H and O–H groups in total. The zero-order chi connectivity index (χ0) is 21.7. The van der Waals surface area contributed by atoms with Crippen LogP contribution in [0, 0.1) is 0 Å². The minimum atomic E-state index is -0.448. The Morgan fingerprint density at radius 2 is 1.87 bits per heavy atom. The van der Waals surface area contributed by atoms with Crippen LogP contribution in [0.25, 0.3) is 10.9 Å². The van der Waals surface area contributed by atoms with Gasteiger partial charge in [-0.3, -0.25) is 4.90 Å². The van der Waals surface area contributed by atoms with Crippen LogP contribution in [0.15, 0.2) is 59.9 Å². The molecule has 6 heteroatoms. The molecule has 3 heterocycles. The van der Waals surface area contributed by atoms with E-state index in [2.05, 4.69) is 40.8 Å². The predicted molar refractivity (Wildman–Crippen MR) is 118 cm³/mol. The minimum Gasteiger partial charge on any atom is -0.510 e. The maximum atomic E-state index is 12.4. The summed E-state index contributed by atoms with van der Waals surface area (Å²) in [5.41, 5.74) is 5.08. The van der Waals surface area contributed by atoms with E-state index in [0.717, 1.165) is 16.7 Å². The number of aromatic nitrogens is 1. The van der Waals surface area contributed by atoms with Gasteiger partial charge in [-0.15, -0.1) is 0 Å². The van der Waals surface area contributed by atoms with Crippen LogP contribution in [-0.2, 0) is 29.5 Å². The Kier molecular flexibility index (Phi) is 4.74. The van der Waals surface area contributed by atoms with E-state index in [0.29, 0.717) is 25.0 Å². The van der Waals surface area contributed by atoms with Crippen LogP contribution in [0.2, 0.25) is 0 Å². The van der Waals surface area contributed by atoms with Crippen LogP contribution >= 0.6 is 0 Å². The van der Waals surface area contributed by atoms with Gasteiger partial charge in [-0.25, -0.2) is 4.79 Å². The molecular weight excluding hydrogens is 392 g/mol. The Morgan fingerprint density at radius 1 is 1.10 bits per heavy atom. The Labute approximate surface area is 181 Å². The predicted octanol–water partition coefficient (Wildman–Crippen LogP) is 4.04. The van der Waals surface area contributed by atoms with Crippen molar-refractivity contribution in [3.63, 3.8) is 0 Å². The van der Waals surface area contributed by atoms with E-state index in [-0.39, 0.29) is 17.8 Å². The molecule has 2 aliphatic rings. The maximum Gasteiger partial charge on any atom is 0.337 e. The molecular formula is C25H26N2O4. The highest BCUT2D eigenvalue weighted by Gasteiger charge is 2.45. The first kappa shape index (κ1) is 19.7. The van der Waals surface area contributed by atoms with Crippen molar-refractivity contribution in [3.8, 4) is 5.75 Å². The topological polar surface area (TPSA) is 63.9 Å². The molecule has 2 aromatic carbocycles. The molecule has 0 aliphatic carbocycles. The van der Waals surface area contributed by atoms with E-state index < -0.39 is 5.97 Å². The molecule has 31 heavy (non-hydrogen) atoms. The molecule has 0 radical (unpaired) electrons. The molecule has 2 atom stereocenters. The lowest BCUT2D eigenvalue weighted by Gasteiger charge is -2.46. The number of ether oxygens (including phenoxy) is 2. The number of hydrogen-bond acceptors (Lipinski definition) is 5. The molecule has 0 amide bonds. The second-order valence-corrected chi connectivity index (χ2v) is 8.26. The van der Waals surface area contributed by atoms with Gasteiger partial charge in [0.25, 0.3) is 0 Å². The largest absolute Gasteiger partial charge is 0.510 e. The summed E-state index contributed by atoms with van der Waals surface area (Å²) in [4.78, 5) is 14.8. The van der Waals surface area contributed by atoms with Gasteiger partial charge in [-0.1, -0.05) is 30.3 Å². The summed E-state index contributed by atoms with van der Waals surface area (Å²) >= 11 is 0. The quantitative estimate of drug-likeness (QED) is 0.648. The first-order chi connectivity index (χ1) is 15.0. The van der Waals surface area contributed by atoms with Crippen molar-refractivity contribution < 1.29 is 19.4 Å². The average molecular weight is 418 g/mol. The Bertz CT molecular complexity index is 1200. The number of aliphatic hydroxyl groups is 1. The number of benzene rings is 2. The zero-order valence-corrected chi connectivity index (χ0v) is 18.0. The van der Waals surface area contributed by atoms with Gasteiger partial charge in [-0.2, -0.15) is 0 Å². The summed E-state index contributed by atoms with van der Waals surface area (Å²) in [5.74, 6) is 0.494. The van der Waals surface area contributed by atoms with E-state index in [1.807, 2.05) is 24.3 Å². The van der Waals surface area contributed by atoms with Gasteiger partial charge in [0.05, 0.1) is 31.9 Å². The number of methoxy groups -OCH3 is 2. The first-order valence-corrected chi connectivity index (χ1v) is 10.5. The lowest BCUT2D eigenvalue weighted by molar-refractivity contribution is -0.137. The van der Waals surface area contributed by atoms with Crippen molar-refractivity contribution in [2.45, 2.75) is 31.5 Å². The summed E-state index contributed by atoms with van der Waals surface area (Å²) in [5, 5.41) is 12.3. The number of rotatable bonds is 4. The summed E-state index contributed by atoms with van der Waals surface area (Å²) in [6.07, 6.45) is 1.03. The summed E-state index contributed by atoms with van der Waals surface area (Å²) < 4.78 is 12.7. The fraction of sp³-hybridized carbons (Fsp3) is 0.320. The van der Waals surface area contributed by atoms with Gasteiger partial charge < -0.3 is 19.1 Å². The van der Waals surface area contributed by atoms with Crippen molar-refractivity contribution >= 4 is 16.9 Å². The number of aryl methyl sites for hydroxylation is 1. The molecule has 2 bridgehead atoms. The SMILES string of the molecule is COC(=O)C1=C(O)[C@@H]2Cc3c(n(C)c4ccc(OC)cc34)[C@H](C1)N2Cc1ccccc1. The third-order valence-corrected chi connectivity index (χ3v) is 6.74. The number of carbonyl (C=O) groups is 1. The van der Waals surface area contributed by atoms with Crippen LogP contribution in [0.4, 0.5) is 0 Å². The van der Waals surface area contributed by atoms with Gasteiger partial charge in [0.15, 0.2) is 0 Å². The van der Waals surface area contributed by atoms with Gasteiger partial charge in [0.1, 0.15) is 11.5 Å². The van der Waals surface area contributed by atoms with Gasteiger partial charge in [0.2, 0.25) is 0 Å².